The lowest BCUT2D eigenvalue weighted by atomic mass is 9.91. The van der Waals surface area contributed by atoms with Crippen LogP contribution in [0, 0.1) is 0 Å². The molecule has 0 saturated heterocycles. The number of carbonyl (C=O) groups excluding carboxylic acids is 2. The van der Waals surface area contributed by atoms with E-state index < -0.39 is 5.54 Å². The molecule has 0 bridgehead atoms. The van der Waals surface area contributed by atoms with E-state index >= 15 is 0 Å². The molecule has 0 atom stereocenters. The van der Waals surface area contributed by atoms with Crippen LogP contribution in [0.15, 0.2) is 24.0 Å². The highest BCUT2D eigenvalue weighted by Gasteiger charge is 2.36. The van der Waals surface area contributed by atoms with E-state index in [-0.39, 0.29) is 17.5 Å². The van der Waals surface area contributed by atoms with Gasteiger partial charge in [0.2, 0.25) is 11.8 Å². The van der Waals surface area contributed by atoms with Crippen LogP contribution in [-0.2, 0) is 4.79 Å². The van der Waals surface area contributed by atoms with Gasteiger partial charge in [0.15, 0.2) is 0 Å². The van der Waals surface area contributed by atoms with E-state index in [9.17, 15) is 9.59 Å². The zero-order valence-electron chi connectivity index (χ0n) is 15.7. The molecule has 26 heavy (non-hydrogen) atoms. The summed E-state index contributed by atoms with van der Waals surface area (Å²) >= 11 is 0. The molecular formula is C20H27N3O3. The Kier molecular flexibility index (Phi) is 5.30. The summed E-state index contributed by atoms with van der Waals surface area (Å²) in [6, 6.07) is 3.65. The Morgan fingerprint density at radius 3 is 2.50 bits per heavy atom. The van der Waals surface area contributed by atoms with Gasteiger partial charge >= 0.3 is 0 Å². The van der Waals surface area contributed by atoms with Crippen molar-refractivity contribution in [1.82, 2.24) is 15.6 Å². The van der Waals surface area contributed by atoms with Crippen molar-refractivity contribution in [2.45, 2.75) is 63.8 Å². The summed E-state index contributed by atoms with van der Waals surface area (Å²) in [5.74, 6) is 0.436. The van der Waals surface area contributed by atoms with Gasteiger partial charge in [0.05, 0.1) is 6.26 Å². The first-order chi connectivity index (χ1) is 12.5. The van der Waals surface area contributed by atoms with Crippen LogP contribution in [0.25, 0.3) is 0 Å². The van der Waals surface area contributed by atoms with Crippen LogP contribution in [0.4, 0.5) is 0 Å². The van der Waals surface area contributed by atoms with E-state index in [1.165, 1.54) is 5.57 Å². The van der Waals surface area contributed by atoms with Crippen molar-refractivity contribution >= 4 is 11.8 Å². The molecule has 3 rings (SSSR count). The first kappa shape index (κ1) is 18.4. The monoisotopic (exact) mass is 357 g/mol. The molecule has 0 unspecified atom stereocenters. The number of likely N-dealkylation sites (N-methyl/N-ethyl adjacent to an activating group) is 1. The number of rotatable bonds is 8. The van der Waals surface area contributed by atoms with Crippen LogP contribution in [0.3, 0.4) is 0 Å². The predicted molar refractivity (Wildman–Crippen MR) is 99.0 cm³/mol. The molecule has 1 aromatic rings. The number of pyridine rings is 1. The lowest BCUT2D eigenvalue weighted by Crippen LogP contribution is -2.57. The summed E-state index contributed by atoms with van der Waals surface area (Å²) in [5, 5.41) is 5.52. The molecule has 2 fully saturated rings. The van der Waals surface area contributed by atoms with Crippen molar-refractivity contribution in [2.24, 2.45) is 0 Å². The number of aromatic nitrogens is 1. The Morgan fingerprint density at radius 1 is 1.27 bits per heavy atom. The number of ether oxygens (including phenoxy) is 1. The molecule has 2 N–H and O–H groups in total. The number of nitrogens with one attached hydrogen (secondary N) is 2. The van der Waals surface area contributed by atoms with E-state index in [0.29, 0.717) is 24.6 Å². The van der Waals surface area contributed by atoms with Crippen molar-refractivity contribution in [3.63, 3.8) is 0 Å². The van der Waals surface area contributed by atoms with Crippen molar-refractivity contribution < 1.29 is 14.3 Å². The first-order valence-electron chi connectivity index (χ1n) is 9.43. The third-order valence-electron chi connectivity index (χ3n) is 5.24. The molecule has 2 aliphatic rings. The number of hydrogen-bond acceptors (Lipinski definition) is 4. The molecule has 0 spiro atoms. The standard InChI is InChI=1S/C20H27N3O3/c1-4-20(5-2,19(25)21-3)23-17(24)16-11-10-15(14-8-9-14)18(22-16)26-12-13-6-7-13/h10-12,14H,4-9H2,1-3H3,(H,21,25)(H,23,24). The summed E-state index contributed by atoms with van der Waals surface area (Å²) in [6.07, 6.45) is 7.16. The molecule has 2 aliphatic carbocycles. The van der Waals surface area contributed by atoms with E-state index in [2.05, 4.69) is 15.6 Å². The Bertz CT molecular complexity index is 728. The summed E-state index contributed by atoms with van der Waals surface area (Å²) in [5.41, 5.74) is 1.66. The van der Waals surface area contributed by atoms with E-state index in [0.717, 1.165) is 31.2 Å². The molecule has 2 saturated carbocycles. The quantitative estimate of drug-likeness (QED) is 0.701. The molecule has 0 radical (unpaired) electrons. The topological polar surface area (TPSA) is 80.3 Å². The number of nitrogens with zero attached hydrogens (tertiary/aromatic N) is 1. The van der Waals surface area contributed by atoms with E-state index in [1.807, 2.05) is 19.9 Å². The Labute approximate surface area is 154 Å². The predicted octanol–water partition coefficient (Wildman–Crippen LogP) is 3.05. The average molecular weight is 357 g/mol. The van der Waals surface area contributed by atoms with Gasteiger partial charge in [0.1, 0.15) is 11.2 Å². The number of amides is 2. The lowest BCUT2D eigenvalue weighted by molar-refractivity contribution is -0.127. The fourth-order valence-electron chi connectivity index (χ4n) is 3.03. The van der Waals surface area contributed by atoms with Gasteiger partial charge in [-0.15, -0.1) is 0 Å². The van der Waals surface area contributed by atoms with Crippen molar-refractivity contribution in [3.05, 3.63) is 35.2 Å². The minimum Gasteiger partial charge on any atom is -0.446 e. The second-order valence-electron chi connectivity index (χ2n) is 7.08. The van der Waals surface area contributed by atoms with Gasteiger partial charge in [-0.1, -0.05) is 19.9 Å². The molecule has 0 aliphatic heterocycles. The first-order valence-corrected chi connectivity index (χ1v) is 9.43. The highest BCUT2D eigenvalue weighted by Crippen LogP contribution is 2.44. The zero-order chi connectivity index (χ0) is 18.7. The minimum atomic E-state index is -0.931. The summed E-state index contributed by atoms with van der Waals surface area (Å²) in [6.45, 7) is 3.78. The number of carbonyl (C=O) groups is 2. The van der Waals surface area contributed by atoms with E-state index in [4.69, 9.17) is 4.74 Å². The highest BCUT2D eigenvalue weighted by molar-refractivity contribution is 5.98. The van der Waals surface area contributed by atoms with Gasteiger partial charge in [-0.05, 0) is 56.1 Å². The summed E-state index contributed by atoms with van der Waals surface area (Å²) in [7, 11) is 1.58. The molecular weight excluding hydrogens is 330 g/mol. The van der Waals surface area contributed by atoms with Gasteiger partial charge in [0, 0.05) is 12.6 Å². The van der Waals surface area contributed by atoms with Crippen LogP contribution in [0.1, 0.15) is 74.3 Å². The maximum atomic E-state index is 12.8. The van der Waals surface area contributed by atoms with Crippen molar-refractivity contribution in [2.75, 3.05) is 7.05 Å². The fraction of sp³-hybridized carbons (Fsp3) is 0.550. The van der Waals surface area contributed by atoms with Crippen LogP contribution >= 0.6 is 0 Å². The molecule has 140 valence electrons. The zero-order valence-corrected chi connectivity index (χ0v) is 15.7. The normalized spacial score (nSPS) is 16.0. The van der Waals surface area contributed by atoms with Crippen LogP contribution in [0.2, 0.25) is 0 Å². The molecule has 6 heteroatoms. The van der Waals surface area contributed by atoms with Gasteiger partial charge < -0.3 is 15.4 Å². The van der Waals surface area contributed by atoms with Gasteiger partial charge in [0.25, 0.3) is 5.91 Å². The molecule has 1 aromatic heterocycles. The number of hydrogen-bond donors (Lipinski definition) is 2. The molecule has 0 aromatic carbocycles. The number of allylic oxidation sites excluding steroid dienone is 1. The maximum Gasteiger partial charge on any atom is 0.270 e. The summed E-state index contributed by atoms with van der Waals surface area (Å²) < 4.78 is 5.77. The fourth-order valence-corrected chi connectivity index (χ4v) is 3.03. The van der Waals surface area contributed by atoms with Gasteiger partial charge in [-0.25, -0.2) is 4.98 Å². The molecule has 1 heterocycles. The summed E-state index contributed by atoms with van der Waals surface area (Å²) in [4.78, 5) is 29.5. The second kappa shape index (κ2) is 7.48. The largest absolute Gasteiger partial charge is 0.446 e. The smallest absolute Gasteiger partial charge is 0.270 e. The minimum absolute atomic E-state index is 0.194. The van der Waals surface area contributed by atoms with Crippen LogP contribution in [0.5, 0.6) is 5.88 Å². The van der Waals surface area contributed by atoms with Crippen molar-refractivity contribution in [3.8, 4) is 5.88 Å². The van der Waals surface area contributed by atoms with Gasteiger partial charge in [-0.2, -0.15) is 0 Å². The Balaban J connectivity index is 1.83. The third kappa shape index (κ3) is 3.89. The molecule has 2 amide bonds. The van der Waals surface area contributed by atoms with E-state index in [1.54, 1.807) is 19.4 Å². The highest BCUT2D eigenvalue weighted by atomic mass is 16.5. The second-order valence-corrected chi connectivity index (χ2v) is 7.08. The van der Waals surface area contributed by atoms with Crippen LogP contribution in [-0.4, -0.2) is 29.4 Å². The Hall–Kier alpha value is -2.37. The third-order valence-corrected chi connectivity index (χ3v) is 5.24. The maximum absolute atomic E-state index is 12.8. The SMILES string of the molecule is CCC(CC)(NC(=O)c1ccc(C2CC2)c(OC=C2CC2)n1)C(=O)NC. The average Bonchev–Trinajstić information content (AvgIpc) is 3.57. The van der Waals surface area contributed by atoms with Crippen molar-refractivity contribution in [1.29, 1.82) is 0 Å². The molecule has 6 nitrogen and oxygen atoms in total. The van der Waals surface area contributed by atoms with Gasteiger partial charge in [-0.3, -0.25) is 9.59 Å². The Morgan fingerprint density at radius 2 is 1.96 bits per heavy atom. The van der Waals surface area contributed by atoms with Crippen LogP contribution < -0.4 is 15.4 Å². The lowest BCUT2D eigenvalue weighted by Gasteiger charge is -2.30.